The van der Waals surface area contributed by atoms with Crippen molar-refractivity contribution in [1.29, 1.82) is 0 Å². The molecule has 0 fully saturated rings. The Labute approximate surface area is 175 Å². The Kier molecular flexibility index (Phi) is 7.06. The van der Waals surface area contributed by atoms with Crippen molar-refractivity contribution < 1.29 is 14.3 Å². The van der Waals surface area contributed by atoms with Crippen molar-refractivity contribution in [1.82, 2.24) is 14.9 Å². The number of fused-ring (bicyclic) bond motifs is 1. The van der Waals surface area contributed by atoms with E-state index in [2.05, 4.69) is 9.97 Å². The molecule has 0 radical (unpaired) electrons. The average Bonchev–Trinajstić information content (AvgIpc) is 2.75. The summed E-state index contributed by atoms with van der Waals surface area (Å²) in [7, 11) is 1.62. The van der Waals surface area contributed by atoms with E-state index in [1.54, 1.807) is 30.2 Å². The molecule has 1 heterocycles. The van der Waals surface area contributed by atoms with Crippen molar-refractivity contribution in [2.75, 3.05) is 13.7 Å². The third kappa shape index (κ3) is 5.37. The highest BCUT2D eigenvalue weighted by molar-refractivity contribution is 5.78. The van der Waals surface area contributed by atoms with Gasteiger partial charge in [-0.25, -0.2) is 4.98 Å². The lowest BCUT2D eigenvalue weighted by molar-refractivity contribution is -0.133. The number of H-pyrrole nitrogens is 1. The lowest BCUT2D eigenvalue weighted by atomic mass is 10.2. The van der Waals surface area contributed by atoms with Gasteiger partial charge in [0.2, 0.25) is 5.91 Å². The fourth-order valence-corrected chi connectivity index (χ4v) is 3.16. The molecule has 2 aromatic carbocycles. The van der Waals surface area contributed by atoms with Crippen molar-refractivity contribution >= 4 is 16.8 Å². The second kappa shape index (κ2) is 9.91. The van der Waals surface area contributed by atoms with Crippen LogP contribution in [0.4, 0.5) is 0 Å². The maximum Gasteiger partial charge on any atom is 0.258 e. The summed E-state index contributed by atoms with van der Waals surface area (Å²) in [6, 6.07) is 14.5. The van der Waals surface area contributed by atoms with Crippen LogP contribution < -0.4 is 15.0 Å². The Morgan fingerprint density at radius 1 is 1.10 bits per heavy atom. The maximum absolute atomic E-state index is 12.8. The lowest BCUT2D eigenvalue weighted by Gasteiger charge is -2.26. The van der Waals surface area contributed by atoms with E-state index < -0.39 is 0 Å². The SMILES string of the molecule is COc1ccc(OCCCC(=O)N(Cc2nc3ccccc3c(=O)[nH]2)C(C)C)cc1. The number of hydrogen-bond acceptors (Lipinski definition) is 5. The molecule has 0 bridgehead atoms. The summed E-state index contributed by atoms with van der Waals surface area (Å²) in [6.45, 7) is 4.60. The number of benzene rings is 2. The van der Waals surface area contributed by atoms with Crippen LogP contribution in [-0.4, -0.2) is 40.5 Å². The summed E-state index contributed by atoms with van der Waals surface area (Å²) < 4.78 is 10.8. The Hall–Kier alpha value is -3.35. The maximum atomic E-state index is 12.8. The van der Waals surface area contributed by atoms with Crippen molar-refractivity contribution in [3.05, 3.63) is 64.7 Å². The van der Waals surface area contributed by atoms with Gasteiger partial charge in [-0.1, -0.05) is 12.1 Å². The summed E-state index contributed by atoms with van der Waals surface area (Å²) in [6.07, 6.45) is 0.946. The first kappa shape index (κ1) is 21.4. The number of aromatic amines is 1. The van der Waals surface area contributed by atoms with Gasteiger partial charge in [-0.15, -0.1) is 0 Å². The topological polar surface area (TPSA) is 84.5 Å². The van der Waals surface area contributed by atoms with Gasteiger partial charge in [0, 0.05) is 12.5 Å². The van der Waals surface area contributed by atoms with Gasteiger partial charge in [-0.05, 0) is 56.7 Å². The third-order valence-corrected chi connectivity index (χ3v) is 4.79. The van der Waals surface area contributed by atoms with Gasteiger partial charge in [0.1, 0.15) is 17.3 Å². The van der Waals surface area contributed by atoms with Crippen LogP contribution in [0.25, 0.3) is 10.9 Å². The zero-order chi connectivity index (χ0) is 21.5. The molecule has 7 heteroatoms. The molecule has 0 aliphatic carbocycles. The smallest absolute Gasteiger partial charge is 0.258 e. The highest BCUT2D eigenvalue weighted by Gasteiger charge is 2.18. The molecule has 3 rings (SSSR count). The quantitative estimate of drug-likeness (QED) is 0.547. The highest BCUT2D eigenvalue weighted by atomic mass is 16.5. The monoisotopic (exact) mass is 409 g/mol. The van der Waals surface area contributed by atoms with Gasteiger partial charge < -0.3 is 19.4 Å². The number of hydrogen-bond donors (Lipinski definition) is 1. The molecule has 1 aromatic heterocycles. The van der Waals surface area contributed by atoms with E-state index in [4.69, 9.17) is 9.47 Å². The molecule has 0 aliphatic heterocycles. The Morgan fingerprint density at radius 2 is 1.80 bits per heavy atom. The van der Waals surface area contributed by atoms with Crippen LogP contribution in [0.3, 0.4) is 0 Å². The van der Waals surface area contributed by atoms with E-state index in [0.29, 0.717) is 36.2 Å². The summed E-state index contributed by atoms with van der Waals surface area (Å²) >= 11 is 0. The number of rotatable bonds is 9. The van der Waals surface area contributed by atoms with Crippen LogP contribution >= 0.6 is 0 Å². The van der Waals surface area contributed by atoms with Crippen molar-refractivity contribution in [2.45, 2.75) is 39.3 Å². The Morgan fingerprint density at radius 3 is 2.50 bits per heavy atom. The van der Waals surface area contributed by atoms with Crippen LogP contribution in [0.5, 0.6) is 11.5 Å². The Bertz CT molecular complexity index is 1040. The predicted octanol–water partition coefficient (Wildman–Crippen LogP) is 3.53. The fourth-order valence-electron chi connectivity index (χ4n) is 3.16. The van der Waals surface area contributed by atoms with E-state index in [-0.39, 0.29) is 24.1 Å². The zero-order valence-electron chi connectivity index (χ0n) is 17.6. The Balaban J connectivity index is 1.57. The number of carbonyl (C=O) groups is 1. The molecule has 1 amide bonds. The fraction of sp³-hybridized carbons (Fsp3) is 0.348. The minimum absolute atomic E-state index is 0.000798. The van der Waals surface area contributed by atoms with Crippen LogP contribution in [0.1, 0.15) is 32.5 Å². The van der Waals surface area contributed by atoms with E-state index in [1.165, 1.54) is 0 Å². The van der Waals surface area contributed by atoms with E-state index in [1.807, 2.05) is 44.2 Å². The van der Waals surface area contributed by atoms with Gasteiger partial charge in [0.05, 0.1) is 31.2 Å². The van der Waals surface area contributed by atoms with Gasteiger partial charge in [0.25, 0.3) is 5.56 Å². The number of para-hydroxylation sites is 1. The van der Waals surface area contributed by atoms with Gasteiger partial charge in [0.15, 0.2) is 0 Å². The van der Waals surface area contributed by atoms with Crippen LogP contribution in [0, 0.1) is 0 Å². The molecular formula is C23H27N3O4. The molecule has 0 saturated heterocycles. The largest absolute Gasteiger partial charge is 0.497 e. The standard InChI is InChI=1S/C23H27N3O4/c1-16(2)26(15-21-24-20-8-5-4-7-19(20)23(28)25-21)22(27)9-6-14-30-18-12-10-17(29-3)11-13-18/h4-5,7-8,10-13,16H,6,9,14-15H2,1-3H3,(H,24,25,28). The number of nitrogens with zero attached hydrogens (tertiary/aromatic N) is 2. The number of methoxy groups -OCH3 is 1. The summed E-state index contributed by atoms with van der Waals surface area (Å²) in [5.41, 5.74) is 0.431. The van der Waals surface area contributed by atoms with E-state index in [0.717, 1.165) is 11.5 Å². The average molecular weight is 409 g/mol. The number of aromatic nitrogens is 2. The molecule has 0 saturated carbocycles. The number of carbonyl (C=O) groups excluding carboxylic acids is 1. The van der Waals surface area contributed by atoms with Gasteiger partial charge in [-0.3, -0.25) is 9.59 Å². The first-order valence-electron chi connectivity index (χ1n) is 10.0. The molecule has 1 N–H and O–H groups in total. The van der Waals surface area contributed by atoms with E-state index >= 15 is 0 Å². The van der Waals surface area contributed by atoms with Gasteiger partial charge >= 0.3 is 0 Å². The molecular weight excluding hydrogens is 382 g/mol. The number of ether oxygens (including phenoxy) is 2. The minimum Gasteiger partial charge on any atom is -0.497 e. The minimum atomic E-state index is -0.195. The second-order valence-corrected chi connectivity index (χ2v) is 7.27. The first-order chi connectivity index (χ1) is 14.5. The normalized spacial score (nSPS) is 10.9. The lowest BCUT2D eigenvalue weighted by Crippen LogP contribution is -2.37. The first-order valence-corrected chi connectivity index (χ1v) is 10.0. The van der Waals surface area contributed by atoms with Crippen molar-refractivity contribution in [3.63, 3.8) is 0 Å². The molecule has 3 aromatic rings. The van der Waals surface area contributed by atoms with Crippen LogP contribution in [-0.2, 0) is 11.3 Å². The molecule has 30 heavy (non-hydrogen) atoms. The third-order valence-electron chi connectivity index (χ3n) is 4.79. The van der Waals surface area contributed by atoms with Gasteiger partial charge in [-0.2, -0.15) is 0 Å². The molecule has 0 aliphatic rings. The number of amides is 1. The summed E-state index contributed by atoms with van der Waals surface area (Å²) in [4.78, 5) is 34.1. The summed E-state index contributed by atoms with van der Waals surface area (Å²) in [5.74, 6) is 1.99. The second-order valence-electron chi connectivity index (χ2n) is 7.27. The highest BCUT2D eigenvalue weighted by Crippen LogP contribution is 2.17. The zero-order valence-corrected chi connectivity index (χ0v) is 17.6. The van der Waals surface area contributed by atoms with Crippen LogP contribution in [0.15, 0.2) is 53.3 Å². The molecule has 0 spiro atoms. The van der Waals surface area contributed by atoms with Crippen LogP contribution in [0.2, 0.25) is 0 Å². The number of nitrogens with one attached hydrogen (secondary N) is 1. The molecule has 0 unspecified atom stereocenters. The molecule has 158 valence electrons. The van der Waals surface area contributed by atoms with Crippen molar-refractivity contribution in [2.24, 2.45) is 0 Å². The molecule has 0 atom stereocenters. The predicted molar refractivity (Wildman–Crippen MR) is 116 cm³/mol. The summed E-state index contributed by atoms with van der Waals surface area (Å²) in [5, 5.41) is 0.541. The van der Waals surface area contributed by atoms with Crippen molar-refractivity contribution in [3.8, 4) is 11.5 Å². The van der Waals surface area contributed by atoms with E-state index in [9.17, 15) is 9.59 Å². The molecule has 7 nitrogen and oxygen atoms in total.